The van der Waals surface area contributed by atoms with Crippen molar-refractivity contribution in [2.75, 3.05) is 59.4 Å². The Labute approximate surface area is 380 Å². The summed E-state index contributed by atoms with van der Waals surface area (Å²) in [7, 11) is -12.0. The first kappa shape index (κ1) is 55.3. The quantitative estimate of drug-likeness (QED) is 0.0351. The van der Waals surface area contributed by atoms with Gasteiger partial charge in [-0.05, 0) is 60.7 Å². The van der Waals surface area contributed by atoms with Crippen LogP contribution in [0.15, 0.2) is 60.7 Å². The molecule has 1 aliphatic heterocycles. The Balaban J connectivity index is 2.13. The van der Waals surface area contributed by atoms with Gasteiger partial charge >= 0.3 is 5.97 Å². The van der Waals surface area contributed by atoms with Gasteiger partial charge in [0.15, 0.2) is 8.32 Å². The zero-order valence-corrected chi connectivity index (χ0v) is 43.8. The van der Waals surface area contributed by atoms with E-state index in [1.54, 1.807) is 20.8 Å². The maximum atomic E-state index is 12.9. The van der Waals surface area contributed by atoms with Crippen molar-refractivity contribution in [2.24, 2.45) is 11.3 Å². The molecule has 0 aromatic heterocycles. The fraction of sp³-hybridized carbons (Fsp3) is 0.711. The van der Waals surface area contributed by atoms with Crippen LogP contribution in [0.4, 0.5) is 0 Å². The summed E-state index contributed by atoms with van der Waals surface area (Å²) in [5, 5.41) is 1.81. The Bertz CT molecular complexity index is 1870. The molecule has 360 valence electrons. The van der Waals surface area contributed by atoms with Crippen molar-refractivity contribution in [2.45, 2.75) is 135 Å². The Morgan fingerprint density at radius 3 is 1.86 bits per heavy atom. The van der Waals surface area contributed by atoms with E-state index in [2.05, 4.69) is 78.9 Å². The highest BCUT2D eigenvalue weighted by Gasteiger charge is 2.52. The van der Waals surface area contributed by atoms with Crippen molar-refractivity contribution in [3.63, 3.8) is 0 Å². The fourth-order valence-electron chi connectivity index (χ4n) is 7.43. The maximum Gasteiger partial charge on any atom is 0.311 e. The molecule has 0 saturated carbocycles. The molecule has 3 rings (SSSR count). The van der Waals surface area contributed by atoms with Crippen LogP contribution in [0, 0.1) is 11.3 Å². The van der Waals surface area contributed by atoms with Crippen molar-refractivity contribution < 1.29 is 62.5 Å². The van der Waals surface area contributed by atoms with Crippen molar-refractivity contribution in [1.29, 1.82) is 0 Å². The molecule has 1 fully saturated rings. The summed E-state index contributed by atoms with van der Waals surface area (Å²) in [5.74, 6) is -1.36. The second-order valence-corrected chi connectivity index (χ2v) is 32.4. The van der Waals surface area contributed by atoms with E-state index in [-0.39, 0.29) is 56.1 Å². The third-order valence-electron chi connectivity index (χ3n) is 11.6. The van der Waals surface area contributed by atoms with E-state index in [4.69, 9.17) is 40.9 Å². The molecule has 0 aliphatic carbocycles. The average molecular weight is 961 g/mol. The second kappa shape index (κ2) is 23.1. The first-order valence-electron chi connectivity index (χ1n) is 21.7. The van der Waals surface area contributed by atoms with Gasteiger partial charge in [0.1, 0.15) is 12.9 Å². The summed E-state index contributed by atoms with van der Waals surface area (Å²) in [6.07, 6.45) is -1.63. The van der Waals surface area contributed by atoms with E-state index < -0.39 is 91.3 Å². The lowest BCUT2D eigenvalue weighted by molar-refractivity contribution is -0.161. The molecule has 1 saturated heterocycles. The molecule has 0 unspecified atom stereocenters. The number of esters is 1. The van der Waals surface area contributed by atoms with Gasteiger partial charge in [-0.1, -0.05) is 102 Å². The van der Waals surface area contributed by atoms with Crippen LogP contribution in [0.3, 0.4) is 0 Å². The highest BCUT2D eigenvalue weighted by molar-refractivity contribution is 7.86. The minimum absolute atomic E-state index is 0.110. The molecular weight excluding hydrogens is 885 g/mol. The smallest absolute Gasteiger partial charge is 0.311 e. The van der Waals surface area contributed by atoms with E-state index in [1.807, 2.05) is 36.4 Å². The zero-order chi connectivity index (χ0) is 47.5. The van der Waals surface area contributed by atoms with Crippen LogP contribution in [0.25, 0.3) is 0 Å². The van der Waals surface area contributed by atoms with Gasteiger partial charge in [-0.15, -0.1) is 0 Å². The van der Waals surface area contributed by atoms with E-state index in [0.29, 0.717) is 6.42 Å². The predicted molar refractivity (Wildman–Crippen MR) is 250 cm³/mol. The number of carbonyl (C=O) groups excluding carboxylic acids is 1. The lowest BCUT2D eigenvalue weighted by atomic mass is 9.89. The van der Waals surface area contributed by atoms with Gasteiger partial charge in [-0.2, -0.15) is 16.8 Å². The first-order chi connectivity index (χ1) is 29.0. The number of methoxy groups -OCH3 is 1. The summed E-state index contributed by atoms with van der Waals surface area (Å²) in [5.41, 5.74) is -0.819. The lowest BCUT2D eigenvalue weighted by Crippen LogP contribution is -2.67. The monoisotopic (exact) mass is 960 g/mol. The molecule has 1 aliphatic rings. The molecule has 0 spiro atoms. The lowest BCUT2D eigenvalue weighted by Gasteiger charge is -2.43. The van der Waals surface area contributed by atoms with Crippen LogP contribution in [0.5, 0.6) is 0 Å². The molecule has 0 amide bonds. The summed E-state index contributed by atoms with van der Waals surface area (Å²) < 4.78 is 106. The van der Waals surface area contributed by atoms with Crippen molar-refractivity contribution in [1.82, 2.24) is 0 Å². The molecule has 18 heteroatoms. The molecule has 2 aromatic rings. The third kappa shape index (κ3) is 16.9. The van der Waals surface area contributed by atoms with Gasteiger partial charge in [-0.25, -0.2) is 0 Å². The summed E-state index contributed by atoms with van der Waals surface area (Å²) in [6, 6.07) is 20.7. The maximum absolute atomic E-state index is 12.9. The van der Waals surface area contributed by atoms with Crippen LogP contribution in [0.1, 0.15) is 81.6 Å². The summed E-state index contributed by atoms with van der Waals surface area (Å²) >= 11 is 0. The van der Waals surface area contributed by atoms with Gasteiger partial charge in [0, 0.05) is 25.9 Å². The molecule has 6 atom stereocenters. The fourth-order valence-corrected chi connectivity index (χ4v) is 14.5. The van der Waals surface area contributed by atoms with Gasteiger partial charge in [0.2, 0.25) is 0 Å². The van der Waals surface area contributed by atoms with Crippen LogP contribution in [0.2, 0.25) is 23.2 Å². The van der Waals surface area contributed by atoms with Gasteiger partial charge < -0.3 is 32.5 Å². The first-order valence-corrected chi connectivity index (χ1v) is 30.1. The van der Waals surface area contributed by atoms with E-state index >= 15 is 0 Å². The SMILES string of the molecule is COCCOCO[C@@H]([C@H](COS(C)(=O)=O)C[C@H]1O[C@H](CO[Si](c2ccccc2)(c2ccccc2)C(C)(C)C)C[C@H]1O[Si](C)(C)C(C)(C)C)[C@H](CCOC(=O)C(C)(C)C)OS(C)(=O)=O. The molecule has 0 radical (unpaired) electrons. The number of hydrogen-bond donors (Lipinski definition) is 0. The normalized spacial score (nSPS) is 19.7. The van der Waals surface area contributed by atoms with Crippen LogP contribution >= 0.6 is 0 Å². The van der Waals surface area contributed by atoms with Gasteiger partial charge in [0.25, 0.3) is 28.6 Å². The number of benzene rings is 2. The molecule has 63 heavy (non-hydrogen) atoms. The Hall–Kier alpha value is -2.08. The zero-order valence-electron chi connectivity index (χ0n) is 40.1. The predicted octanol–water partition coefficient (Wildman–Crippen LogP) is 6.42. The minimum Gasteiger partial charge on any atom is -0.465 e. The number of ether oxygens (including phenoxy) is 5. The van der Waals surface area contributed by atoms with Crippen LogP contribution < -0.4 is 10.4 Å². The molecular formula is C45H76O14S2Si2. The van der Waals surface area contributed by atoms with Crippen molar-refractivity contribution in [3.05, 3.63) is 60.7 Å². The molecule has 1 heterocycles. The van der Waals surface area contributed by atoms with Crippen LogP contribution in [-0.2, 0) is 65.9 Å². The van der Waals surface area contributed by atoms with Crippen LogP contribution in [-0.4, -0.2) is 129 Å². The summed E-state index contributed by atoms with van der Waals surface area (Å²) in [4.78, 5) is 12.8. The average Bonchev–Trinajstić information content (AvgIpc) is 3.53. The number of rotatable bonds is 25. The van der Waals surface area contributed by atoms with Crippen molar-refractivity contribution >= 4 is 53.2 Å². The third-order valence-corrected chi connectivity index (χ3v) is 22.3. The Morgan fingerprint density at radius 2 is 1.38 bits per heavy atom. The standard InChI is InChI=1S/C45H76O14S2Si2/c1-43(2,3)42(46)53-26-25-38(58-61(12,49)50)41(54-33-52-28-27-51-10)34(31-55-60(11,47)48)29-39-40(59-62(13,14)44(4,5)6)30-35(57-39)32-56-63(45(7,8)9,36-21-17-15-18-22-36)37-23-19-16-20-24-37/h15-24,34-35,38-41H,25-33H2,1-14H3/t34-,35-,38-,39+,40+,41-/m0/s1. The largest absolute Gasteiger partial charge is 0.465 e. The Morgan fingerprint density at radius 1 is 0.810 bits per heavy atom. The second-order valence-electron chi connectivity index (χ2n) is 20.1. The van der Waals surface area contributed by atoms with Gasteiger partial charge in [0.05, 0.1) is 75.4 Å². The van der Waals surface area contributed by atoms with Gasteiger partial charge in [-0.3, -0.25) is 13.2 Å². The van der Waals surface area contributed by atoms with Crippen molar-refractivity contribution in [3.8, 4) is 0 Å². The number of hydrogen-bond acceptors (Lipinski definition) is 14. The van der Waals surface area contributed by atoms with E-state index in [1.165, 1.54) is 7.11 Å². The Kier molecular flexibility index (Phi) is 20.3. The highest BCUT2D eigenvalue weighted by atomic mass is 32.2. The number of carbonyl (C=O) groups is 1. The molecule has 14 nitrogen and oxygen atoms in total. The molecule has 0 bridgehead atoms. The topological polar surface area (TPSA) is 168 Å². The van der Waals surface area contributed by atoms with E-state index in [0.717, 1.165) is 22.9 Å². The van der Waals surface area contributed by atoms with E-state index in [9.17, 15) is 21.6 Å². The highest BCUT2D eigenvalue weighted by Crippen LogP contribution is 2.42. The summed E-state index contributed by atoms with van der Waals surface area (Å²) in [6.45, 7) is 22.3. The molecule has 0 N–H and O–H groups in total. The molecule has 2 aromatic carbocycles. The minimum atomic E-state index is -4.13.